The molecule has 9 heteroatoms. The Morgan fingerprint density at radius 1 is 1.16 bits per heavy atom. The van der Waals surface area contributed by atoms with Crippen LogP contribution in [0, 0.1) is 12.3 Å². The van der Waals surface area contributed by atoms with Gasteiger partial charge in [-0.3, -0.25) is 9.59 Å². The Morgan fingerprint density at radius 3 is 2.55 bits per heavy atom. The number of furan rings is 1. The monoisotopic (exact) mass is 535 g/mol. The first-order valence-electron chi connectivity index (χ1n) is 9.83. The van der Waals surface area contributed by atoms with E-state index in [1.165, 1.54) is 6.26 Å². The predicted octanol–water partition coefficient (Wildman–Crippen LogP) is 2.24. The number of benzene rings is 1. The molecule has 1 aliphatic heterocycles. The molecule has 0 saturated carbocycles. The highest BCUT2D eigenvalue weighted by atomic mass is 127. The van der Waals surface area contributed by atoms with Gasteiger partial charge in [-0.05, 0) is 37.3 Å². The lowest BCUT2D eigenvalue weighted by Gasteiger charge is -2.36. The molecule has 1 fully saturated rings. The van der Waals surface area contributed by atoms with Crippen molar-refractivity contribution in [3.05, 3.63) is 54.0 Å². The molecule has 1 aliphatic rings. The average molecular weight is 535 g/mol. The summed E-state index contributed by atoms with van der Waals surface area (Å²) in [5, 5.41) is 6.01. The zero-order valence-electron chi connectivity index (χ0n) is 17.3. The third-order valence-corrected chi connectivity index (χ3v) is 4.62. The topological polar surface area (TPSA) is 90.2 Å². The van der Waals surface area contributed by atoms with Crippen molar-refractivity contribution in [1.29, 1.82) is 0 Å². The Hall–Kier alpha value is -3.00. The highest BCUT2D eigenvalue weighted by Crippen LogP contribution is 2.11. The molecule has 0 atom stereocenters. The minimum absolute atomic E-state index is 0. The number of carbonyl (C=O) groups excluding carboxylic acids is 2. The van der Waals surface area contributed by atoms with Crippen LogP contribution in [0.3, 0.4) is 0 Å². The molecule has 0 spiro atoms. The second-order valence-corrected chi connectivity index (χ2v) is 6.70. The number of terminal acetylenes is 1. The minimum atomic E-state index is -0.230. The van der Waals surface area contributed by atoms with Gasteiger partial charge in [-0.2, -0.15) is 0 Å². The molecule has 0 radical (unpaired) electrons. The molecule has 164 valence electrons. The molecule has 8 nitrogen and oxygen atoms in total. The number of nitrogens with zero attached hydrogens (tertiary/aromatic N) is 3. The van der Waals surface area contributed by atoms with Gasteiger partial charge < -0.3 is 24.9 Å². The molecule has 2 N–H and O–H groups in total. The molecular formula is C22H26IN5O3. The Kier molecular flexibility index (Phi) is 9.40. The van der Waals surface area contributed by atoms with Crippen molar-refractivity contribution in [3.63, 3.8) is 0 Å². The number of hydrogen-bond acceptors (Lipinski definition) is 4. The van der Waals surface area contributed by atoms with Crippen LogP contribution in [0.1, 0.15) is 23.0 Å². The number of nitrogens with one attached hydrogen (secondary N) is 2. The number of amides is 2. The summed E-state index contributed by atoms with van der Waals surface area (Å²) in [6.45, 7) is 4.96. The van der Waals surface area contributed by atoms with Crippen LogP contribution in [-0.2, 0) is 4.79 Å². The van der Waals surface area contributed by atoms with Crippen LogP contribution in [0.25, 0.3) is 0 Å². The van der Waals surface area contributed by atoms with E-state index >= 15 is 0 Å². The zero-order chi connectivity index (χ0) is 21.3. The number of aliphatic imine (C=N–C) groups is 1. The van der Waals surface area contributed by atoms with Gasteiger partial charge in [0.05, 0.1) is 6.26 Å². The molecule has 2 aromatic rings. The van der Waals surface area contributed by atoms with E-state index in [9.17, 15) is 9.59 Å². The van der Waals surface area contributed by atoms with Crippen molar-refractivity contribution >= 4 is 47.4 Å². The van der Waals surface area contributed by atoms with E-state index < -0.39 is 0 Å². The number of piperazine rings is 1. The SMILES string of the molecule is C#Cc1cccc(NC(=O)CN=C(NCC)N2CCN(C(=O)c3ccco3)CC2)c1.I. The van der Waals surface area contributed by atoms with Crippen molar-refractivity contribution in [2.45, 2.75) is 6.92 Å². The number of hydrogen-bond donors (Lipinski definition) is 2. The molecule has 2 amide bonds. The van der Waals surface area contributed by atoms with Crippen LogP contribution < -0.4 is 10.6 Å². The average Bonchev–Trinajstić information content (AvgIpc) is 3.31. The highest BCUT2D eigenvalue weighted by molar-refractivity contribution is 14.0. The van der Waals surface area contributed by atoms with Crippen LogP contribution in [-0.4, -0.2) is 66.8 Å². The summed E-state index contributed by atoms with van der Waals surface area (Å²) in [7, 11) is 0. The van der Waals surface area contributed by atoms with Crippen molar-refractivity contribution in [2.75, 3.05) is 44.6 Å². The first-order valence-corrected chi connectivity index (χ1v) is 9.83. The molecule has 0 unspecified atom stereocenters. The van der Waals surface area contributed by atoms with Crippen LogP contribution in [0.15, 0.2) is 52.1 Å². The lowest BCUT2D eigenvalue weighted by molar-refractivity contribution is -0.114. The van der Waals surface area contributed by atoms with Crippen LogP contribution in [0.5, 0.6) is 0 Å². The molecule has 3 rings (SSSR count). The number of carbonyl (C=O) groups is 2. The van der Waals surface area contributed by atoms with Gasteiger partial charge in [-0.25, -0.2) is 4.99 Å². The minimum Gasteiger partial charge on any atom is -0.459 e. The first kappa shape index (κ1) is 24.3. The van der Waals surface area contributed by atoms with E-state index in [2.05, 4.69) is 21.5 Å². The molecule has 0 bridgehead atoms. The van der Waals surface area contributed by atoms with Gasteiger partial charge in [0, 0.05) is 44.0 Å². The molecule has 1 aromatic carbocycles. The van der Waals surface area contributed by atoms with Gasteiger partial charge in [0.2, 0.25) is 5.91 Å². The van der Waals surface area contributed by atoms with E-state index in [-0.39, 0.29) is 42.3 Å². The van der Waals surface area contributed by atoms with Gasteiger partial charge in [-0.15, -0.1) is 30.4 Å². The van der Waals surface area contributed by atoms with E-state index in [1.54, 1.807) is 41.3 Å². The number of guanidine groups is 1. The van der Waals surface area contributed by atoms with E-state index in [0.29, 0.717) is 55.7 Å². The smallest absolute Gasteiger partial charge is 0.289 e. The molecule has 0 aliphatic carbocycles. The third-order valence-electron chi connectivity index (χ3n) is 4.62. The predicted molar refractivity (Wildman–Crippen MR) is 131 cm³/mol. The highest BCUT2D eigenvalue weighted by Gasteiger charge is 2.25. The summed E-state index contributed by atoms with van der Waals surface area (Å²) >= 11 is 0. The Bertz CT molecular complexity index is 944. The summed E-state index contributed by atoms with van der Waals surface area (Å²) in [5.74, 6) is 3.19. The number of rotatable bonds is 5. The standard InChI is InChI=1S/C22H25N5O3.HI/c1-3-17-7-5-8-18(15-17)25-20(28)16-24-22(23-4-2)27-12-10-26(11-13-27)21(29)19-9-6-14-30-19;/h1,5-9,14-15H,4,10-13,16H2,2H3,(H,23,24)(H,25,28);1H. The lowest BCUT2D eigenvalue weighted by atomic mass is 10.2. The molecule has 31 heavy (non-hydrogen) atoms. The van der Waals surface area contributed by atoms with Crippen molar-refractivity contribution in [3.8, 4) is 12.3 Å². The summed E-state index contributed by atoms with van der Waals surface area (Å²) < 4.78 is 5.19. The fourth-order valence-corrected chi connectivity index (χ4v) is 3.14. The van der Waals surface area contributed by atoms with E-state index in [1.807, 2.05) is 11.8 Å². The maximum Gasteiger partial charge on any atom is 0.289 e. The first-order chi connectivity index (χ1) is 14.6. The van der Waals surface area contributed by atoms with Crippen molar-refractivity contribution < 1.29 is 14.0 Å². The maximum absolute atomic E-state index is 12.4. The van der Waals surface area contributed by atoms with Crippen molar-refractivity contribution in [2.24, 2.45) is 4.99 Å². The van der Waals surface area contributed by atoms with Crippen molar-refractivity contribution in [1.82, 2.24) is 15.1 Å². The van der Waals surface area contributed by atoms with Gasteiger partial charge in [0.1, 0.15) is 6.54 Å². The van der Waals surface area contributed by atoms with Gasteiger partial charge in [0.25, 0.3) is 5.91 Å². The Labute approximate surface area is 199 Å². The third kappa shape index (κ3) is 6.75. The summed E-state index contributed by atoms with van der Waals surface area (Å²) in [6.07, 6.45) is 6.89. The number of anilines is 1. The summed E-state index contributed by atoms with van der Waals surface area (Å²) in [5.41, 5.74) is 1.34. The molecule has 1 saturated heterocycles. The second-order valence-electron chi connectivity index (χ2n) is 6.70. The Morgan fingerprint density at radius 2 is 1.90 bits per heavy atom. The number of halogens is 1. The quantitative estimate of drug-likeness (QED) is 0.266. The van der Waals surface area contributed by atoms with Crippen LogP contribution >= 0.6 is 24.0 Å². The van der Waals surface area contributed by atoms with Gasteiger partial charge >= 0.3 is 0 Å². The maximum atomic E-state index is 12.4. The van der Waals surface area contributed by atoms with E-state index in [4.69, 9.17) is 10.8 Å². The van der Waals surface area contributed by atoms with Crippen LogP contribution in [0.2, 0.25) is 0 Å². The largest absolute Gasteiger partial charge is 0.459 e. The summed E-state index contributed by atoms with van der Waals surface area (Å²) in [4.78, 5) is 32.9. The molecular weight excluding hydrogens is 509 g/mol. The summed E-state index contributed by atoms with van der Waals surface area (Å²) in [6, 6.07) is 10.5. The van der Waals surface area contributed by atoms with E-state index in [0.717, 1.165) is 0 Å². The van der Waals surface area contributed by atoms with Gasteiger partial charge in [0.15, 0.2) is 11.7 Å². The van der Waals surface area contributed by atoms with Gasteiger partial charge in [-0.1, -0.05) is 12.0 Å². The second kappa shape index (κ2) is 12.0. The zero-order valence-corrected chi connectivity index (χ0v) is 19.7. The lowest BCUT2D eigenvalue weighted by Crippen LogP contribution is -2.53. The molecule has 1 aromatic heterocycles. The van der Waals surface area contributed by atoms with Crippen LogP contribution in [0.4, 0.5) is 5.69 Å². The normalized spacial score (nSPS) is 13.7. The molecule has 2 heterocycles. The Balaban J connectivity index is 0.00000341. The fourth-order valence-electron chi connectivity index (χ4n) is 3.14. The fraction of sp³-hybridized carbons (Fsp3) is 0.318.